The van der Waals surface area contributed by atoms with Crippen molar-refractivity contribution in [3.05, 3.63) is 29.0 Å². The van der Waals surface area contributed by atoms with Crippen LogP contribution in [-0.4, -0.2) is 28.9 Å². The molecule has 1 amide bonds. The molecule has 0 aliphatic carbocycles. The smallest absolute Gasteiger partial charge is 0.256 e. The average Bonchev–Trinajstić information content (AvgIpc) is 2.27. The van der Waals surface area contributed by atoms with Crippen LogP contribution in [-0.2, 0) is 0 Å². The molecular weight excluding hydrogens is 214 g/mol. The van der Waals surface area contributed by atoms with Crippen LogP contribution in [0, 0.1) is 11.3 Å². The molecule has 0 saturated carbocycles. The molecular formula is C10H10ClN3O. The van der Waals surface area contributed by atoms with Gasteiger partial charge in [-0.05, 0) is 19.1 Å². The van der Waals surface area contributed by atoms with E-state index in [0.717, 1.165) is 0 Å². The van der Waals surface area contributed by atoms with Crippen LogP contribution in [0.4, 0.5) is 0 Å². The third-order valence-corrected chi connectivity index (χ3v) is 2.29. The average molecular weight is 224 g/mol. The van der Waals surface area contributed by atoms with Crippen molar-refractivity contribution in [3.63, 3.8) is 0 Å². The van der Waals surface area contributed by atoms with E-state index in [0.29, 0.717) is 10.7 Å². The molecule has 1 aromatic heterocycles. The first kappa shape index (κ1) is 11.5. The maximum absolute atomic E-state index is 11.7. The lowest BCUT2D eigenvalue weighted by Crippen LogP contribution is -2.34. The fourth-order valence-electron chi connectivity index (χ4n) is 0.968. The Labute approximate surface area is 93.1 Å². The summed E-state index contributed by atoms with van der Waals surface area (Å²) in [4.78, 5) is 16.9. The first-order valence-corrected chi connectivity index (χ1v) is 4.72. The second-order valence-corrected chi connectivity index (χ2v) is 3.48. The van der Waals surface area contributed by atoms with Crippen molar-refractivity contribution >= 4 is 17.5 Å². The van der Waals surface area contributed by atoms with Gasteiger partial charge in [0.15, 0.2) is 0 Å². The van der Waals surface area contributed by atoms with Gasteiger partial charge in [-0.1, -0.05) is 11.6 Å². The molecule has 15 heavy (non-hydrogen) atoms. The largest absolute Gasteiger partial charge is 0.326 e. The highest BCUT2D eigenvalue weighted by Crippen LogP contribution is 2.08. The van der Waals surface area contributed by atoms with Gasteiger partial charge in [-0.3, -0.25) is 4.79 Å². The molecule has 0 saturated heterocycles. The highest BCUT2D eigenvalue weighted by molar-refractivity contribution is 6.29. The second-order valence-electron chi connectivity index (χ2n) is 3.09. The molecule has 0 bridgehead atoms. The summed E-state index contributed by atoms with van der Waals surface area (Å²) in [6.45, 7) is 1.65. The molecule has 0 spiro atoms. The number of pyridine rings is 1. The quantitative estimate of drug-likeness (QED) is 0.718. The van der Waals surface area contributed by atoms with E-state index in [4.69, 9.17) is 16.9 Å². The zero-order valence-electron chi connectivity index (χ0n) is 8.44. The van der Waals surface area contributed by atoms with Crippen LogP contribution in [0.2, 0.25) is 5.15 Å². The molecule has 1 atom stereocenters. The second kappa shape index (κ2) is 4.76. The van der Waals surface area contributed by atoms with Crippen LogP contribution in [0.25, 0.3) is 0 Å². The van der Waals surface area contributed by atoms with E-state index in [1.165, 1.54) is 11.1 Å². The van der Waals surface area contributed by atoms with Gasteiger partial charge in [-0.25, -0.2) is 4.98 Å². The topological polar surface area (TPSA) is 57.0 Å². The van der Waals surface area contributed by atoms with E-state index in [2.05, 4.69) is 4.98 Å². The Morgan fingerprint density at radius 2 is 2.33 bits per heavy atom. The van der Waals surface area contributed by atoms with E-state index < -0.39 is 6.04 Å². The number of carbonyl (C=O) groups is 1. The molecule has 0 aliphatic rings. The summed E-state index contributed by atoms with van der Waals surface area (Å²) in [6, 6.07) is 4.64. The highest BCUT2D eigenvalue weighted by atomic mass is 35.5. The summed E-state index contributed by atoms with van der Waals surface area (Å²) in [5.41, 5.74) is 0.420. The Morgan fingerprint density at radius 3 is 2.80 bits per heavy atom. The van der Waals surface area contributed by atoms with Crippen LogP contribution < -0.4 is 0 Å². The fraction of sp³-hybridized carbons (Fsp3) is 0.300. The van der Waals surface area contributed by atoms with Gasteiger partial charge in [0.25, 0.3) is 5.91 Å². The van der Waals surface area contributed by atoms with Gasteiger partial charge in [0.2, 0.25) is 0 Å². The molecule has 1 unspecified atom stereocenters. The molecule has 0 aliphatic heterocycles. The van der Waals surface area contributed by atoms with E-state index >= 15 is 0 Å². The summed E-state index contributed by atoms with van der Waals surface area (Å²) >= 11 is 5.60. The molecule has 0 N–H and O–H groups in total. The Hall–Kier alpha value is -1.60. The van der Waals surface area contributed by atoms with Crippen LogP contribution in [0.1, 0.15) is 17.3 Å². The number of aromatic nitrogens is 1. The number of hydrogen-bond donors (Lipinski definition) is 0. The number of halogens is 1. The minimum atomic E-state index is -0.465. The minimum absolute atomic E-state index is 0.242. The van der Waals surface area contributed by atoms with Crippen molar-refractivity contribution in [1.82, 2.24) is 9.88 Å². The summed E-state index contributed by atoms with van der Waals surface area (Å²) in [6.07, 6.45) is 1.39. The maximum atomic E-state index is 11.7. The lowest BCUT2D eigenvalue weighted by Gasteiger charge is -2.18. The number of amides is 1. The third-order valence-electron chi connectivity index (χ3n) is 2.06. The van der Waals surface area contributed by atoms with Gasteiger partial charge in [-0.15, -0.1) is 0 Å². The van der Waals surface area contributed by atoms with E-state index in [-0.39, 0.29) is 5.91 Å². The number of nitriles is 1. The SMILES string of the molecule is CC(C#N)N(C)C(=O)c1ccc(Cl)nc1. The number of nitrogens with zero attached hydrogens (tertiary/aromatic N) is 3. The van der Waals surface area contributed by atoms with Crippen molar-refractivity contribution < 1.29 is 4.79 Å². The summed E-state index contributed by atoms with van der Waals surface area (Å²) in [5.74, 6) is -0.242. The molecule has 4 nitrogen and oxygen atoms in total. The van der Waals surface area contributed by atoms with Crippen molar-refractivity contribution in [2.75, 3.05) is 7.05 Å². The molecule has 0 radical (unpaired) electrons. The predicted molar refractivity (Wildman–Crippen MR) is 56.4 cm³/mol. The number of hydrogen-bond acceptors (Lipinski definition) is 3. The molecule has 0 fully saturated rings. The van der Waals surface area contributed by atoms with Crippen LogP contribution in [0.3, 0.4) is 0 Å². The summed E-state index contributed by atoms with van der Waals surface area (Å²) in [7, 11) is 1.57. The third kappa shape index (κ3) is 2.67. The predicted octanol–water partition coefficient (Wildman–Crippen LogP) is 1.72. The fourth-order valence-corrected chi connectivity index (χ4v) is 1.08. The molecule has 5 heteroatoms. The summed E-state index contributed by atoms with van der Waals surface area (Å²) < 4.78 is 0. The van der Waals surface area contributed by atoms with Crippen LogP contribution in [0.15, 0.2) is 18.3 Å². The zero-order valence-corrected chi connectivity index (χ0v) is 9.19. The Bertz CT molecular complexity index is 396. The van der Waals surface area contributed by atoms with Crippen molar-refractivity contribution in [2.45, 2.75) is 13.0 Å². The first-order valence-electron chi connectivity index (χ1n) is 4.34. The molecule has 1 rings (SSSR count). The van der Waals surface area contributed by atoms with Crippen molar-refractivity contribution in [1.29, 1.82) is 5.26 Å². The Morgan fingerprint density at radius 1 is 1.67 bits per heavy atom. The Balaban J connectivity index is 2.86. The maximum Gasteiger partial charge on any atom is 0.256 e. The van der Waals surface area contributed by atoms with Gasteiger partial charge >= 0.3 is 0 Å². The number of carbonyl (C=O) groups excluding carboxylic acids is 1. The molecule has 0 aromatic carbocycles. The van der Waals surface area contributed by atoms with E-state index in [1.807, 2.05) is 6.07 Å². The van der Waals surface area contributed by atoms with Gasteiger partial charge in [0.1, 0.15) is 11.2 Å². The molecule has 78 valence electrons. The lowest BCUT2D eigenvalue weighted by atomic mass is 10.2. The van der Waals surface area contributed by atoms with Gasteiger partial charge in [0.05, 0.1) is 11.6 Å². The normalized spacial score (nSPS) is 11.6. The van der Waals surface area contributed by atoms with Crippen molar-refractivity contribution in [3.8, 4) is 6.07 Å². The van der Waals surface area contributed by atoms with Gasteiger partial charge < -0.3 is 4.90 Å². The zero-order chi connectivity index (χ0) is 11.4. The minimum Gasteiger partial charge on any atom is -0.326 e. The highest BCUT2D eigenvalue weighted by Gasteiger charge is 2.16. The van der Waals surface area contributed by atoms with Crippen molar-refractivity contribution in [2.24, 2.45) is 0 Å². The molecule has 1 heterocycles. The standard InChI is InChI=1S/C10H10ClN3O/c1-7(5-12)14(2)10(15)8-3-4-9(11)13-6-8/h3-4,6-7H,1-2H3. The van der Waals surface area contributed by atoms with Gasteiger partial charge in [0, 0.05) is 13.2 Å². The van der Waals surface area contributed by atoms with E-state index in [1.54, 1.807) is 26.1 Å². The Kier molecular flexibility index (Phi) is 3.64. The van der Waals surface area contributed by atoms with Gasteiger partial charge in [-0.2, -0.15) is 5.26 Å². The van der Waals surface area contributed by atoms with Crippen LogP contribution in [0.5, 0.6) is 0 Å². The van der Waals surface area contributed by atoms with Crippen LogP contribution >= 0.6 is 11.6 Å². The number of rotatable bonds is 2. The molecule has 1 aromatic rings. The summed E-state index contributed by atoms with van der Waals surface area (Å²) in [5, 5.41) is 9.00. The monoisotopic (exact) mass is 223 g/mol. The first-order chi connectivity index (χ1) is 7.06. The lowest BCUT2D eigenvalue weighted by molar-refractivity contribution is 0.0773. The van der Waals surface area contributed by atoms with E-state index in [9.17, 15) is 4.79 Å².